The van der Waals surface area contributed by atoms with Gasteiger partial charge in [-0.05, 0) is 31.6 Å². The number of carboxylic acids is 1. The van der Waals surface area contributed by atoms with Gasteiger partial charge in [0.1, 0.15) is 13.2 Å². The molecule has 2 atom stereocenters. The number of carboxylic acid groups (broad SMARTS) is 1. The third-order valence-corrected chi connectivity index (χ3v) is 5.29. The van der Waals surface area contributed by atoms with Gasteiger partial charge in [-0.1, -0.05) is 6.42 Å². The van der Waals surface area contributed by atoms with E-state index in [-0.39, 0.29) is 11.8 Å². The maximum atomic E-state index is 12.6. The number of ether oxygens (including phenoxy) is 2. The standard InChI is InChI=1S/C17H21NO5S/c1-24-15-9-14-13(22-5-6-23-14)8-12(15)18-16(19)10-3-2-4-11(7-10)17(20)21/h8-11H,2-7H2,1H3,(H,18,19)(H,20,21). The Balaban J connectivity index is 1.75. The third kappa shape index (κ3) is 3.61. The van der Waals surface area contributed by atoms with Crippen molar-refractivity contribution < 1.29 is 24.2 Å². The van der Waals surface area contributed by atoms with Crippen LogP contribution in [0.4, 0.5) is 5.69 Å². The molecule has 2 aliphatic rings. The first kappa shape index (κ1) is 17.0. The van der Waals surface area contributed by atoms with Crippen molar-refractivity contribution in [2.45, 2.75) is 30.6 Å². The highest BCUT2D eigenvalue weighted by Gasteiger charge is 2.31. The molecular weight excluding hydrogens is 330 g/mol. The second-order valence-electron chi connectivity index (χ2n) is 6.08. The number of fused-ring (bicyclic) bond motifs is 1. The molecule has 24 heavy (non-hydrogen) atoms. The van der Waals surface area contributed by atoms with Gasteiger partial charge in [-0.3, -0.25) is 9.59 Å². The van der Waals surface area contributed by atoms with Gasteiger partial charge in [-0.15, -0.1) is 11.8 Å². The van der Waals surface area contributed by atoms with Crippen LogP contribution in [0.15, 0.2) is 17.0 Å². The zero-order valence-electron chi connectivity index (χ0n) is 13.5. The second kappa shape index (κ2) is 7.34. The van der Waals surface area contributed by atoms with E-state index in [1.807, 2.05) is 12.3 Å². The van der Waals surface area contributed by atoms with Crippen LogP contribution in [-0.2, 0) is 9.59 Å². The van der Waals surface area contributed by atoms with E-state index in [0.29, 0.717) is 43.2 Å². The number of amides is 1. The molecule has 1 aromatic carbocycles. The van der Waals surface area contributed by atoms with Gasteiger partial charge >= 0.3 is 5.97 Å². The summed E-state index contributed by atoms with van der Waals surface area (Å²) in [6.07, 6.45) is 4.49. The van der Waals surface area contributed by atoms with Crippen molar-refractivity contribution >= 4 is 29.3 Å². The summed E-state index contributed by atoms with van der Waals surface area (Å²) in [6, 6.07) is 3.66. The third-order valence-electron chi connectivity index (χ3n) is 4.52. The highest BCUT2D eigenvalue weighted by Crippen LogP contribution is 2.40. The van der Waals surface area contributed by atoms with Gasteiger partial charge in [0.05, 0.1) is 11.6 Å². The normalized spacial score (nSPS) is 22.7. The van der Waals surface area contributed by atoms with Crippen molar-refractivity contribution in [3.63, 3.8) is 0 Å². The Hall–Kier alpha value is -1.89. The molecule has 1 aromatic rings. The lowest BCUT2D eigenvalue weighted by Gasteiger charge is -2.26. The van der Waals surface area contributed by atoms with Crippen molar-refractivity contribution in [1.82, 2.24) is 0 Å². The molecule has 6 nitrogen and oxygen atoms in total. The summed E-state index contributed by atoms with van der Waals surface area (Å²) in [6.45, 7) is 1.01. The van der Waals surface area contributed by atoms with E-state index in [9.17, 15) is 14.7 Å². The number of aliphatic carboxylic acids is 1. The summed E-state index contributed by atoms with van der Waals surface area (Å²) in [5, 5.41) is 12.1. The Kier molecular flexibility index (Phi) is 5.18. The lowest BCUT2D eigenvalue weighted by atomic mass is 9.81. The fraction of sp³-hybridized carbons (Fsp3) is 0.529. The van der Waals surface area contributed by atoms with Crippen LogP contribution in [0.1, 0.15) is 25.7 Å². The summed E-state index contributed by atoms with van der Waals surface area (Å²) in [5.41, 5.74) is 0.689. The Morgan fingerprint density at radius 1 is 1.17 bits per heavy atom. The lowest BCUT2D eigenvalue weighted by molar-refractivity contribution is -0.143. The molecule has 1 saturated carbocycles. The first-order valence-corrected chi connectivity index (χ1v) is 9.32. The molecule has 130 valence electrons. The van der Waals surface area contributed by atoms with Gasteiger partial charge in [-0.25, -0.2) is 0 Å². The van der Waals surface area contributed by atoms with Crippen LogP contribution >= 0.6 is 11.8 Å². The van der Waals surface area contributed by atoms with Crippen LogP contribution in [0, 0.1) is 11.8 Å². The van der Waals surface area contributed by atoms with Crippen molar-refractivity contribution in [2.24, 2.45) is 11.8 Å². The minimum Gasteiger partial charge on any atom is -0.486 e. The smallest absolute Gasteiger partial charge is 0.306 e. The van der Waals surface area contributed by atoms with Gasteiger partial charge in [0, 0.05) is 16.9 Å². The van der Waals surface area contributed by atoms with E-state index in [4.69, 9.17) is 9.47 Å². The Labute approximate surface area is 144 Å². The maximum Gasteiger partial charge on any atom is 0.306 e. The van der Waals surface area contributed by atoms with Gasteiger partial charge in [0.25, 0.3) is 0 Å². The van der Waals surface area contributed by atoms with Crippen molar-refractivity contribution in [3.05, 3.63) is 12.1 Å². The molecule has 1 amide bonds. The molecule has 2 N–H and O–H groups in total. The number of benzene rings is 1. The number of nitrogens with one attached hydrogen (secondary N) is 1. The Morgan fingerprint density at radius 3 is 2.50 bits per heavy atom. The average molecular weight is 351 g/mol. The van der Waals surface area contributed by atoms with Crippen molar-refractivity contribution in [3.8, 4) is 11.5 Å². The Bertz CT molecular complexity index is 648. The summed E-state index contributed by atoms with van der Waals surface area (Å²) in [7, 11) is 0. The first-order chi connectivity index (χ1) is 11.6. The molecule has 2 unspecified atom stereocenters. The van der Waals surface area contributed by atoms with Crippen LogP contribution < -0.4 is 14.8 Å². The van der Waals surface area contributed by atoms with E-state index < -0.39 is 11.9 Å². The van der Waals surface area contributed by atoms with Crippen LogP contribution in [0.3, 0.4) is 0 Å². The number of carbonyl (C=O) groups excluding carboxylic acids is 1. The fourth-order valence-electron chi connectivity index (χ4n) is 3.22. The van der Waals surface area contributed by atoms with Crippen LogP contribution in [0.2, 0.25) is 0 Å². The van der Waals surface area contributed by atoms with E-state index in [1.165, 1.54) is 11.8 Å². The van der Waals surface area contributed by atoms with Gasteiger partial charge < -0.3 is 19.9 Å². The SMILES string of the molecule is CSc1cc2c(cc1NC(=O)C1CCCC(C(=O)O)C1)OCCO2. The number of hydrogen-bond acceptors (Lipinski definition) is 5. The van der Waals surface area contributed by atoms with Crippen LogP contribution in [-0.4, -0.2) is 36.5 Å². The molecule has 0 bridgehead atoms. The first-order valence-electron chi connectivity index (χ1n) is 8.09. The number of rotatable bonds is 4. The van der Waals surface area contributed by atoms with E-state index in [2.05, 4.69) is 5.32 Å². The predicted octanol–water partition coefficient (Wildman–Crippen LogP) is 3.01. The maximum absolute atomic E-state index is 12.6. The molecule has 1 heterocycles. The molecular formula is C17H21NO5S. The zero-order chi connectivity index (χ0) is 17.1. The fourth-order valence-corrected chi connectivity index (χ4v) is 3.78. The van der Waals surface area contributed by atoms with E-state index >= 15 is 0 Å². The quantitative estimate of drug-likeness (QED) is 0.811. The highest BCUT2D eigenvalue weighted by molar-refractivity contribution is 7.98. The van der Waals surface area contributed by atoms with Crippen molar-refractivity contribution in [1.29, 1.82) is 0 Å². The van der Waals surface area contributed by atoms with Crippen LogP contribution in [0.5, 0.6) is 11.5 Å². The molecule has 1 aliphatic carbocycles. The molecule has 0 saturated heterocycles. The molecule has 1 aliphatic heterocycles. The predicted molar refractivity (Wildman–Crippen MR) is 90.9 cm³/mol. The largest absolute Gasteiger partial charge is 0.486 e. The molecule has 0 spiro atoms. The minimum absolute atomic E-state index is 0.118. The topological polar surface area (TPSA) is 84.9 Å². The number of thioether (sulfide) groups is 1. The van der Waals surface area contributed by atoms with E-state index in [0.717, 1.165) is 17.7 Å². The minimum atomic E-state index is -0.809. The molecule has 1 fully saturated rings. The molecule has 3 rings (SSSR count). The molecule has 0 radical (unpaired) electrons. The summed E-state index contributed by atoms with van der Waals surface area (Å²) >= 11 is 1.52. The summed E-state index contributed by atoms with van der Waals surface area (Å²) in [4.78, 5) is 24.7. The second-order valence-corrected chi connectivity index (χ2v) is 6.93. The molecule has 0 aromatic heterocycles. The van der Waals surface area contributed by atoms with Crippen LogP contribution in [0.25, 0.3) is 0 Å². The van der Waals surface area contributed by atoms with Crippen molar-refractivity contribution in [2.75, 3.05) is 24.8 Å². The lowest BCUT2D eigenvalue weighted by Crippen LogP contribution is -2.31. The number of anilines is 1. The Morgan fingerprint density at radius 2 is 1.83 bits per heavy atom. The van der Waals surface area contributed by atoms with E-state index in [1.54, 1.807) is 6.07 Å². The highest BCUT2D eigenvalue weighted by atomic mass is 32.2. The molecule has 7 heteroatoms. The average Bonchev–Trinajstić information content (AvgIpc) is 2.61. The number of hydrogen-bond donors (Lipinski definition) is 2. The zero-order valence-corrected chi connectivity index (χ0v) is 14.4. The summed E-state index contributed by atoms with van der Waals surface area (Å²) < 4.78 is 11.1. The summed E-state index contributed by atoms with van der Waals surface area (Å²) in [5.74, 6) is -0.296. The number of carbonyl (C=O) groups is 2. The van der Waals surface area contributed by atoms with Gasteiger partial charge in [0.15, 0.2) is 11.5 Å². The monoisotopic (exact) mass is 351 g/mol. The van der Waals surface area contributed by atoms with Gasteiger partial charge in [-0.2, -0.15) is 0 Å². The van der Waals surface area contributed by atoms with Gasteiger partial charge in [0.2, 0.25) is 5.91 Å².